The molecule has 0 radical (unpaired) electrons. The smallest absolute Gasteiger partial charge is 0.534 e. The van der Waals surface area contributed by atoms with Crippen LogP contribution in [0.4, 0.5) is 0 Å². The maximum Gasteiger partial charge on any atom is 0.547 e. The van der Waals surface area contributed by atoms with Crippen molar-refractivity contribution in [2.75, 3.05) is 6.79 Å². The first-order valence-corrected chi connectivity index (χ1v) is 7.92. The van der Waals surface area contributed by atoms with Crippen LogP contribution in [0.25, 0.3) is 0 Å². The summed E-state index contributed by atoms with van der Waals surface area (Å²) in [4.78, 5) is 34.6. The van der Waals surface area contributed by atoms with Gasteiger partial charge >= 0.3 is 19.1 Å². The number of carbonyl (C=O) groups is 3. The van der Waals surface area contributed by atoms with Gasteiger partial charge in [0.15, 0.2) is 0 Å². The molecule has 0 aliphatic carbocycles. The van der Waals surface area contributed by atoms with Crippen LogP contribution in [0.15, 0.2) is 18.2 Å². The summed E-state index contributed by atoms with van der Waals surface area (Å²) in [6, 6.07) is 4.80. The van der Waals surface area contributed by atoms with Crippen molar-refractivity contribution in [3.8, 4) is 18.1 Å². The Bertz CT molecular complexity index is 743. The number of fused-ring (bicyclic) bond motifs is 1. The summed E-state index contributed by atoms with van der Waals surface area (Å²) >= 11 is 0. The van der Waals surface area contributed by atoms with Gasteiger partial charge in [0, 0.05) is 19.8 Å². The number of carbonyl (C=O) groups excluding carboxylic acids is 3. The summed E-state index contributed by atoms with van der Waals surface area (Å²) < 4.78 is 14.8. The molecule has 1 aromatic carbocycles. The zero-order valence-corrected chi connectivity index (χ0v) is 14.2. The van der Waals surface area contributed by atoms with E-state index in [1.54, 1.807) is 12.1 Å². The molecule has 1 aliphatic heterocycles. The molecule has 0 spiro atoms. The first-order valence-electron chi connectivity index (χ1n) is 7.92. The number of esters is 2. The highest BCUT2D eigenvalue weighted by molar-refractivity contribution is 6.47. The fourth-order valence-electron chi connectivity index (χ4n) is 2.42. The largest absolute Gasteiger partial charge is 0.547 e. The van der Waals surface area contributed by atoms with E-state index in [4.69, 9.17) is 15.8 Å². The average Bonchev–Trinajstić information content (AvgIpc) is 2.59. The van der Waals surface area contributed by atoms with Crippen LogP contribution in [0.5, 0.6) is 5.75 Å². The van der Waals surface area contributed by atoms with E-state index in [0.717, 1.165) is 0 Å². The number of ether oxygens (including phenoxy) is 2. The van der Waals surface area contributed by atoms with Crippen LogP contribution in [0, 0.1) is 12.3 Å². The van der Waals surface area contributed by atoms with Crippen LogP contribution in [-0.4, -0.2) is 42.7 Å². The highest BCUT2D eigenvalue weighted by atomic mass is 16.7. The summed E-state index contributed by atoms with van der Waals surface area (Å²) in [7, 11) is -1.33. The maximum atomic E-state index is 12.1. The summed E-state index contributed by atoms with van der Waals surface area (Å²) in [6.07, 6.45) is 5.83. The lowest BCUT2D eigenvalue weighted by Crippen LogP contribution is -2.53. The van der Waals surface area contributed by atoms with Crippen LogP contribution >= 0.6 is 0 Å². The zero-order valence-electron chi connectivity index (χ0n) is 14.2. The molecule has 0 saturated carbocycles. The second-order valence-electron chi connectivity index (χ2n) is 5.57. The van der Waals surface area contributed by atoms with Crippen LogP contribution in [0.2, 0.25) is 0 Å². The predicted octanol–water partition coefficient (Wildman–Crippen LogP) is 0.217. The van der Waals surface area contributed by atoms with Crippen LogP contribution < -0.4 is 9.97 Å². The van der Waals surface area contributed by atoms with E-state index in [1.807, 2.05) is 0 Å². The Morgan fingerprint density at radius 3 is 2.88 bits per heavy atom. The minimum Gasteiger partial charge on any atom is -0.534 e. The fourth-order valence-corrected chi connectivity index (χ4v) is 2.42. The molecule has 8 nitrogen and oxygen atoms in total. The molecule has 0 fully saturated rings. The van der Waals surface area contributed by atoms with Gasteiger partial charge in [0.25, 0.3) is 0 Å². The van der Waals surface area contributed by atoms with Crippen molar-refractivity contribution in [3.05, 3.63) is 29.3 Å². The number of terminal acetylenes is 1. The van der Waals surface area contributed by atoms with Crippen molar-refractivity contribution in [1.29, 1.82) is 0 Å². The number of rotatable bonds is 6. The van der Waals surface area contributed by atoms with Gasteiger partial charge in [-0.2, -0.15) is 0 Å². The summed E-state index contributed by atoms with van der Waals surface area (Å²) in [5, 5.41) is 12.8. The number of amides is 1. The Hall–Kier alpha value is -2.99. The topological polar surface area (TPSA) is 111 Å². The summed E-state index contributed by atoms with van der Waals surface area (Å²) in [5.41, 5.74) is 0.713. The molecule has 1 aromatic rings. The van der Waals surface area contributed by atoms with Gasteiger partial charge < -0.3 is 24.5 Å². The molecular formula is C17H18BNO7. The Morgan fingerprint density at radius 2 is 2.19 bits per heavy atom. The van der Waals surface area contributed by atoms with Crippen LogP contribution in [0.3, 0.4) is 0 Å². The third-order valence-corrected chi connectivity index (χ3v) is 3.63. The molecule has 26 heavy (non-hydrogen) atoms. The van der Waals surface area contributed by atoms with Gasteiger partial charge in [-0.25, -0.2) is 4.79 Å². The lowest BCUT2D eigenvalue weighted by Gasteiger charge is -2.29. The SMILES string of the molecule is C#CCCC(=O)N[C@H]1Cc2cccc(C(=O)OCOC(C)=O)c2OB1O. The van der Waals surface area contributed by atoms with E-state index in [0.29, 0.717) is 12.0 Å². The number of benzene rings is 1. The highest BCUT2D eigenvalue weighted by Crippen LogP contribution is 2.30. The predicted molar refractivity (Wildman–Crippen MR) is 90.8 cm³/mol. The van der Waals surface area contributed by atoms with Gasteiger partial charge in [0.1, 0.15) is 11.3 Å². The van der Waals surface area contributed by atoms with Crippen molar-refractivity contribution >= 4 is 25.0 Å². The Labute approximate surface area is 151 Å². The minimum absolute atomic E-state index is 0.0887. The summed E-state index contributed by atoms with van der Waals surface area (Å²) in [5.74, 6) is 0.237. The normalized spacial score (nSPS) is 15.1. The van der Waals surface area contributed by atoms with Gasteiger partial charge in [0.05, 0.1) is 5.94 Å². The van der Waals surface area contributed by atoms with E-state index in [2.05, 4.69) is 16.0 Å². The molecule has 0 bridgehead atoms. The Morgan fingerprint density at radius 1 is 1.42 bits per heavy atom. The minimum atomic E-state index is -1.33. The molecule has 1 amide bonds. The van der Waals surface area contributed by atoms with Gasteiger partial charge in [-0.1, -0.05) is 12.1 Å². The monoisotopic (exact) mass is 359 g/mol. The lowest BCUT2D eigenvalue weighted by molar-refractivity contribution is -0.149. The summed E-state index contributed by atoms with van der Waals surface area (Å²) in [6.45, 7) is 0.671. The first kappa shape index (κ1) is 19.3. The number of hydrogen-bond acceptors (Lipinski definition) is 7. The van der Waals surface area contributed by atoms with Crippen LogP contribution in [-0.2, 0) is 25.5 Å². The second kappa shape index (κ2) is 8.92. The molecule has 0 aromatic heterocycles. The molecule has 136 valence electrons. The second-order valence-corrected chi connectivity index (χ2v) is 5.57. The fraction of sp³-hybridized carbons (Fsp3) is 0.353. The molecule has 1 atom stereocenters. The van der Waals surface area contributed by atoms with Crippen LogP contribution in [0.1, 0.15) is 35.7 Å². The van der Waals surface area contributed by atoms with E-state index in [9.17, 15) is 19.4 Å². The van der Waals surface area contributed by atoms with E-state index in [-0.39, 0.29) is 30.1 Å². The third kappa shape index (κ3) is 5.00. The van der Waals surface area contributed by atoms with Crippen molar-refractivity contribution in [2.24, 2.45) is 0 Å². The van der Waals surface area contributed by atoms with E-state index in [1.165, 1.54) is 13.0 Å². The van der Waals surface area contributed by atoms with Crippen molar-refractivity contribution in [3.63, 3.8) is 0 Å². The number of hydrogen-bond donors (Lipinski definition) is 2. The standard InChI is InChI=1S/C17H18BNO7/c1-3-4-8-15(21)19-14-9-12-6-5-7-13(16(12)26-18(14)23)17(22)25-10-24-11(2)20/h1,5-7,14,23H,4,8-10H2,2H3,(H,19,21)/t14-/m0/s1. The van der Waals surface area contributed by atoms with Gasteiger partial charge in [-0.15, -0.1) is 12.3 Å². The highest BCUT2D eigenvalue weighted by Gasteiger charge is 2.37. The molecule has 9 heteroatoms. The van der Waals surface area contributed by atoms with E-state index >= 15 is 0 Å². The molecular weight excluding hydrogens is 341 g/mol. The number of para-hydroxylation sites is 1. The Balaban J connectivity index is 2.08. The molecule has 2 rings (SSSR count). The molecule has 1 aliphatic rings. The van der Waals surface area contributed by atoms with Gasteiger partial charge in [-0.05, 0) is 18.1 Å². The molecule has 0 unspecified atom stereocenters. The number of nitrogens with one attached hydrogen (secondary N) is 1. The zero-order chi connectivity index (χ0) is 19.1. The third-order valence-electron chi connectivity index (χ3n) is 3.63. The first-order chi connectivity index (χ1) is 12.4. The Kier molecular flexibility index (Phi) is 6.64. The van der Waals surface area contributed by atoms with Gasteiger partial charge in [0.2, 0.25) is 12.7 Å². The van der Waals surface area contributed by atoms with Gasteiger partial charge in [-0.3, -0.25) is 9.59 Å². The molecule has 1 heterocycles. The lowest BCUT2D eigenvalue weighted by atomic mass is 9.72. The maximum absolute atomic E-state index is 12.1. The van der Waals surface area contributed by atoms with E-state index < -0.39 is 31.8 Å². The van der Waals surface area contributed by atoms with Crippen molar-refractivity contribution < 1.29 is 33.5 Å². The van der Waals surface area contributed by atoms with Crippen molar-refractivity contribution in [1.82, 2.24) is 5.32 Å². The molecule has 2 N–H and O–H groups in total. The van der Waals surface area contributed by atoms with Crippen molar-refractivity contribution in [2.45, 2.75) is 32.1 Å². The average molecular weight is 359 g/mol. The quantitative estimate of drug-likeness (QED) is 0.323. The molecule has 0 saturated heterocycles.